The molecule has 15 atom stereocenters. The Labute approximate surface area is 223 Å². The molecule has 3 aliphatic rings. The first-order chi connectivity index (χ1) is 18.3. The minimum Gasteiger partial charge on any atom is -0.394 e. The number of amides is 2. The van der Waals surface area contributed by atoms with E-state index in [-0.39, 0.29) is 0 Å². The van der Waals surface area contributed by atoms with Gasteiger partial charge < -0.3 is 75.2 Å². The van der Waals surface area contributed by atoms with Gasteiger partial charge in [-0.3, -0.25) is 9.59 Å². The molecule has 0 aliphatic carbocycles. The fourth-order valence-electron chi connectivity index (χ4n) is 4.80. The van der Waals surface area contributed by atoms with Gasteiger partial charge in [0.1, 0.15) is 67.0 Å². The van der Waals surface area contributed by atoms with Crippen LogP contribution in [0.25, 0.3) is 0 Å². The number of hydrogen-bond donors (Lipinski definition) is 10. The Kier molecular flexibility index (Phi) is 11.0. The van der Waals surface area contributed by atoms with Crippen LogP contribution in [-0.2, 0) is 33.3 Å². The van der Waals surface area contributed by atoms with Crippen LogP contribution in [0.15, 0.2) is 0 Å². The van der Waals surface area contributed by atoms with Gasteiger partial charge in [-0.05, 0) is 6.92 Å². The highest BCUT2D eigenvalue weighted by molar-refractivity contribution is 5.73. The molecule has 3 rings (SSSR count). The Morgan fingerprint density at radius 3 is 1.79 bits per heavy atom. The van der Waals surface area contributed by atoms with Crippen LogP contribution in [-0.4, -0.2) is 158 Å². The lowest BCUT2D eigenvalue weighted by atomic mass is 9.94. The Morgan fingerprint density at radius 2 is 1.23 bits per heavy atom. The number of carbonyl (C=O) groups is 2. The summed E-state index contributed by atoms with van der Waals surface area (Å²) in [5.41, 5.74) is 0. The van der Waals surface area contributed by atoms with Gasteiger partial charge in [0.2, 0.25) is 11.8 Å². The third-order valence-electron chi connectivity index (χ3n) is 6.86. The van der Waals surface area contributed by atoms with Crippen LogP contribution in [0, 0.1) is 0 Å². The second kappa shape index (κ2) is 13.4. The van der Waals surface area contributed by atoms with E-state index < -0.39 is 117 Å². The maximum absolute atomic E-state index is 12.0. The van der Waals surface area contributed by atoms with Crippen LogP contribution in [0.2, 0.25) is 0 Å². The molecule has 3 fully saturated rings. The average Bonchev–Trinajstić information content (AvgIpc) is 2.88. The number of aliphatic hydroxyl groups excluding tert-OH is 8. The van der Waals surface area contributed by atoms with Crippen LogP contribution in [0.4, 0.5) is 0 Å². The summed E-state index contributed by atoms with van der Waals surface area (Å²) in [6.07, 6.45) is -20.0. The van der Waals surface area contributed by atoms with E-state index in [1.807, 2.05) is 0 Å². The number of nitrogens with one attached hydrogen (secondary N) is 2. The van der Waals surface area contributed by atoms with E-state index in [1.165, 1.54) is 6.92 Å². The molecule has 0 saturated carbocycles. The number of ether oxygens (including phenoxy) is 5. The van der Waals surface area contributed by atoms with Gasteiger partial charge in [0.05, 0.1) is 19.3 Å². The molecule has 3 aliphatic heterocycles. The lowest BCUT2D eigenvalue weighted by Crippen LogP contribution is -2.70. The Balaban J connectivity index is 1.98. The molecule has 0 aromatic heterocycles. The number of rotatable bonds is 8. The van der Waals surface area contributed by atoms with Crippen LogP contribution in [0.5, 0.6) is 0 Å². The minimum atomic E-state index is -1.80. The van der Waals surface area contributed by atoms with Gasteiger partial charge in [-0.15, -0.1) is 0 Å². The van der Waals surface area contributed by atoms with Crippen LogP contribution in [0.3, 0.4) is 0 Å². The fraction of sp³-hybridized carbons (Fsp3) is 0.909. The summed E-state index contributed by atoms with van der Waals surface area (Å²) in [5, 5.41) is 86.7. The van der Waals surface area contributed by atoms with Crippen molar-refractivity contribution in [3.8, 4) is 0 Å². The molecule has 3 saturated heterocycles. The predicted molar refractivity (Wildman–Crippen MR) is 123 cm³/mol. The molecule has 3 heterocycles. The van der Waals surface area contributed by atoms with Crippen molar-refractivity contribution in [3.63, 3.8) is 0 Å². The normalized spacial score (nSPS) is 46.9. The smallest absolute Gasteiger partial charge is 0.217 e. The van der Waals surface area contributed by atoms with Crippen molar-refractivity contribution >= 4 is 11.8 Å². The van der Waals surface area contributed by atoms with Gasteiger partial charge in [0.25, 0.3) is 0 Å². The zero-order valence-electron chi connectivity index (χ0n) is 21.5. The molecule has 226 valence electrons. The minimum absolute atomic E-state index is 0.635. The van der Waals surface area contributed by atoms with Crippen molar-refractivity contribution in [1.29, 1.82) is 0 Å². The first-order valence-corrected chi connectivity index (χ1v) is 12.4. The summed E-state index contributed by atoms with van der Waals surface area (Å²) in [6, 6.07) is -2.82. The maximum Gasteiger partial charge on any atom is 0.217 e. The molecule has 39 heavy (non-hydrogen) atoms. The fourth-order valence-corrected chi connectivity index (χ4v) is 4.80. The summed E-state index contributed by atoms with van der Waals surface area (Å²) < 4.78 is 28.4. The first kappa shape index (κ1) is 31.9. The van der Waals surface area contributed by atoms with Crippen LogP contribution >= 0.6 is 0 Å². The molecule has 0 spiro atoms. The molecule has 17 nitrogen and oxygen atoms in total. The standard InChI is InChI=1S/C22H38N2O15/c1-6-13(29)16(32)17(33)22(35-6)39-19-12(24-8(3)28)20(34)36-10(5-26)18(19)38-21-11(23-7(2)27)15(31)14(30)9(4-25)37-21/h6,9-22,25-26,29-34H,4-5H2,1-3H3,(H,23,27)(H,24,28)/t6-,9+,10+,11+,12-,13+,14-,15+,16+,17-,18+,19+,20+,21-,22-/m0/s1. The maximum atomic E-state index is 12.0. The zero-order valence-corrected chi connectivity index (χ0v) is 21.5. The van der Waals surface area contributed by atoms with E-state index in [4.69, 9.17) is 23.7 Å². The van der Waals surface area contributed by atoms with E-state index in [0.29, 0.717) is 0 Å². The second-order valence-electron chi connectivity index (χ2n) is 9.79. The van der Waals surface area contributed by atoms with E-state index in [1.54, 1.807) is 0 Å². The summed E-state index contributed by atoms with van der Waals surface area (Å²) in [7, 11) is 0. The molecule has 0 unspecified atom stereocenters. The Hall–Kier alpha value is -1.58. The average molecular weight is 571 g/mol. The zero-order chi connectivity index (χ0) is 29.2. The van der Waals surface area contributed by atoms with Crippen molar-refractivity contribution in [2.45, 2.75) is 113 Å². The second-order valence-corrected chi connectivity index (χ2v) is 9.79. The summed E-state index contributed by atoms with van der Waals surface area (Å²) in [5.74, 6) is -1.28. The largest absolute Gasteiger partial charge is 0.394 e. The monoisotopic (exact) mass is 570 g/mol. The molecule has 10 N–H and O–H groups in total. The molecule has 17 heteroatoms. The lowest BCUT2D eigenvalue weighted by Gasteiger charge is -2.50. The number of hydrogen-bond acceptors (Lipinski definition) is 15. The van der Waals surface area contributed by atoms with Gasteiger partial charge in [0, 0.05) is 13.8 Å². The Bertz CT molecular complexity index is 837. The molecule has 2 amide bonds. The quantitative estimate of drug-likeness (QED) is 0.130. The third kappa shape index (κ3) is 7.02. The summed E-state index contributed by atoms with van der Waals surface area (Å²) in [4.78, 5) is 23.8. The summed E-state index contributed by atoms with van der Waals surface area (Å²) >= 11 is 0. The van der Waals surface area contributed by atoms with Crippen molar-refractivity contribution < 1.29 is 74.1 Å². The first-order valence-electron chi connectivity index (χ1n) is 12.4. The van der Waals surface area contributed by atoms with E-state index in [9.17, 15) is 50.4 Å². The van der Waals surface area contributed by atoms with Gasteiger partial charge in [-0.2, -0.15) is 0 Å². The number of aliphatic hydroxyl groups is 8. The molecule has 0 bridgehead atoms. The van der Waals surface area contributed by atoms with Gasteiger partial charge >= 0.3 is 0 Å². The van der Waals surface area contributed by atoms with Gasteiger partial charge in [0.15, 0.2) is 18.9 Å². The highest BCUT2D eigenvalue weighted by Gasteiger charge is 2.54. The molecule has 0 aromatic rings. The van der Waals surface area contributed by atoms with Crippen molar-refractivity contribution in [2.75, 3.05) is 13.2 Å². The topological polar surface area (TPSA) is 266 Å². The van der Waals surface area contributed by atoms with Crippen molar-refractivity contribution in [1.82, 2.24) is 10.6 Å². The van der Waals surface area contributed by atoms with E-state index in [0.717, 1.165) is 13.8 Å². The highest BCUT2D eigenvalue weighted by Crippen LogP contribution is 2.33. The molecular formula is C22H38N2O15. The number of carbonyl (C=O) groups excluding carboxylic acids is 2. The van der Waals surface area contributed by atoms with Crippen LogP contribution < -0.4 is 10.6 Å². The lowest BCUT2D eigenvalue weighted by molar-refractivity contribution is -0.362. The third-order valence-corrected chi connectivity index (χ3v) is 6.86. The molecular weight excluding hydrogens is 532 g/mol. The SMILES string of the molecule is CC(=O)N[C@H]1[C@H](O[C@H]2[C@H](O[C@@H]3O[C@@H](C)[C@@H](O)[C@@H](O)[C@@H]3O)[C@H](NC(C)=O)[C@H](O)O[C@@H]2CO)O[C@H](CO)[C@H](O)[C@@H]1O. The molecule has 0 radical (unpaired) electrons. The van der Waals surface area contributed by atoms with Crippen LogP contribution in [0.1, 0.15) is 20.8 Å². The summed E-state index contributed by atoms with van der Waals surface area (Å²) in [6.45, 7) is 2.13. The Morgan fingerprint density at radius 1 is 0.667 bits per heavy atom. The predicted octanol–water partition coefficient (Wildman–Crippen LogP) is -6.26. The highest BCUT2D eigenvalue weighted by atomic mass is 16.7. The van der Waals surface area contributed by atoms with E-state index in [2.05, 4.69) is 10.6 Å². The van der Waals surface area contributed by atoms with Gasteiger partial charge in [-0.25, -0.2) is 0 Å². The van der Waals surface area contributed by atoms with Crippen molar-refractivity contribution in [2.24, 2.45) is 0 Å². The molecule has 0 aromatic carbocycles. The van der Waals surface area contributed by atoms with E-state index >= 15 is 0 Å². The van der Waals surface area contributed by atoms with Crippen molar-refractivity contribution in [3.05, 3.63) is 0 Å². The van der Waals surface area contributed by atoms with Gasteiger partial charge in [-0.1, -0.05) is 0 Å².